The first-order valence-corrected chi connectivity index (χ1v) is 6.71. The Kier molecular flexibility index (Phi) is 1.81. The van der Waals surface area contributed by atoms with E-state index in [4.69, 9.17) is 9.47 Å². The molecule has 88 valence electrons. The second kappa shape index (κ2) is 3.04. The van der Waals surface area contributed by atoms with Crippen LogP contribution < -0.4 is 0 Å². The van der Waals surface area contributed by atoms with Gasteiger partial charge in [-0.15, -0.1) is 0 Å². The minimum atomic E-state index is 0.00215. The number of rotatable bonds is 1. The number of hydrogen-bond acceptors (Lipinski definition) is 2. The molecule has 4 saturated carbocycles. The summed E-state index contributed by atoms with van der Waals surface area (Å²) >= 11 is 0. The van der Waals surface area contributed by atoms with Crippen LogP contribution >= 0.6 is 0 Å². The lowest BCUT2D eigenvalue weighted by Gasteiger charge is -2.59. The van der Waals surface area contributed by atoms with E-state index in [2.05, 4.69) is 6.08 Å². The van der Waals surface area contributed by atoms with Gasteiger partial charge >= 0.3 is 0 Å². The predicted octanol–water partition coefficient (Wildman–Crippen LogP) is 2.74. The van der Waals surface area contributed by atoms with Crippen molar-refractivity contribution in [2.24, 2.45) is 23.7 Å². The first-order valence-electron chi connectivity index (χ1n) is 6.71. The summed E-state index contributed by atoms with van der Waals surface area (Å²) < 4.78 is 11.8. The molecule has 1 heterocycles. The molecule has 2 heteroatoms. The van der Waals surface area contributed by atoms with Crippen LogP contribution in [0.3, 0.4) is 0 Å². The van der Waals surface area contributed by atoms with Crippen LogP contribution in [0.25, 0.3) is 0 Å². The quantitative estimate of drug-likeness (QED) is 0.676. The van der Waals surface area contributed by atoms with Crippen LogP contribution in [0.5, 0.6) is 0 Å². The zero-order valence-corrected chi connectivity index (χ0v) is 9.95. The van der Waals surface area contributed by atoms with Crippen molar-refractivity contribution in [3.63, 3.8) is 0 Å². The molecule has 0 saturated heterocycles. The van der Waals surface area contributed by atoms with Gasteiger partial charge in [0.05, 0.1) is 13.7 Å². The highest BCUT2D eigenvalue weighted by Crippen LogP contribution is 2.62. The second-order valence-electron chi connectivity index (χ2n) is 6.18. The monoisotopic (exact) mass is 220 g/mol. The molecule has 4 bridgehead atoms. The van der Waals surface area contributed by atoms with Crippen LogP contribution in [0.4, 0.5) is 0 Å². The van der Waals surface area contributed by atoms with E-state index in [1.165, 1.54) is 32.1 Å². The van der Waals surface area contributed by atoms with E-state index in [0.29, 0.717) is 0 Å². The third kappa shape index (κ3) is 0.976. The van der Waals surface area contributed by atoms with Crippen LogP contribution in [0, 0.1) is 23.7 Å². The third-order valence-electron chi connectivity index (χ3n) is 5.55. The summed E-state index contributed by atoms with van der Waals surface area (Å²) in [7, 11) is 1.81. The normalized spacial score (nSPS) is 53.4. The van der Waals surface area contributed by atoms with Gasteiger partial charge in [0.1, 0.15) is 11.4 Å². The van der Waals surface area contributed by atoms with Crippen LogP contribution in [0.1, 0.15) is 32.1 Å². The van der Waals surface area contributed by atoms with Crippen LogP contribution in [-0.4, -0.2) is 19.3 Å². The molecule has 16 heavy (non-hydrogen) atoms. The average molecular weight is 220 g/mol. The molecule has 1 aliphatic heterocycles. The van der Waals surface area contributed by atoms with Gasteiger partial charge in [-0.2, -0.15) is 0 Å². The molecule has 5 aliphatic rings. The molecule has 1 spiro atoms. The Labute approximate surface area is 97.0 Å². The minimum absolute atomic E-state index is 0.00215. The van der Waals surface area contributed by atoms with Gasteiger partial charge < -0.3 is 9.47 Å². The fourth-order valence-electron chi connectivity index (χ4n) is 5.25. The van der Waals surface area contributed by atoms with Gasteiger partial charge in [-0.1, -0.05) is 0 Å². The summed E-state index contributed by atoms with van der Waals surface area (Å²) in [4.78, 5) is 0. The van der Waals surface area contributed by atoms with Crippen molar-refractivity contribution in [1.82, 2.24) is 0 Å². The van der Waals surface area contributed by atoms with Gasteiger partial charge in [0, 0.05) is 0 Å². The lowest BCUT2D eigenvalue weighted by molar-refractivity contribution is -0.182. The zero-order valence-electron chi connectivity index (χ0n) is 9.95. The van der Waals surface area contributed by atoms with E-state index in [1.54, 1.807) is 0 Å². The van der Waals surface area contributed by atoms with Crippen molar-refractivity contribution in [2.75, 3.05) is 13.7 Å². The Morgan fingerprint density at radius 1 is 1.12 bits per heavy atom. The SMILES string of the molecule is COC1=CCOC12C1CC3CC(C1)CC2C3. The average Bonchev–Trinajstić information content (AvgIpc) is 2.69. The molecular weight excluding hydrogens is 200 g/mol. The van der Waals surface area contributed by atoms with Gasteiger partial charge in [0.2, 0.25) is 0 Å². The first kappa shape index (κ1) is 9.52. The fraction of sp³-hybridized carbons (Fsp3) is 0.857. The summed E-state index contributed by atoms with van der Waals surface area (Å²) in [6, 6.07) is 0. The molecule has 0 N–H and O–H groups in total. The van der Waals surface area contributed by atoms with Crippen molar-refractivity contribution >= 4 is 0 Å². The maximum atomic E-state index is 6.20. The Balaban J connectivity index is 1.76. The van der Waals surface area contributed by atoms with Crippen LogP contribution in [-0.2, 0) is 9.47 Å². The number of ether oxygens (including phenoxy) is 2. The van der Waals surface area contributed by atoms with Crippen molar-refractivity contribution in [3.05, 3.63) is 11.8 Å². The minimum Gasteiger partial charge on any atom is -0.498 e. The van der Waals surface area contributed by atoms with Crippen molar-refractivity contribution in [3.8, 4) is 0 Å². The maximum absolute atomic E-state index is 6.20. The topological polar surface area (TPSA) is 18.5 Å². The van der Waals surface area contributed by atoms with Gasteiger partial charge in [-0.05, 0) is 61.9 Å². The van der Waals surface area contributed by atoms with Crippen LogP contribution in [0.2, 0.25) is 0 Å². The second-order valence-corrected chi connectivity index (χ2v) is 6.18. The Morgan fingerprint density at radius 3 is 2.31 bits per heavy atom. The molecule has 0 amide bonds. The summed E-state index contributed by atoms with van der Waals surface area (Å²) in [5.74, 6) is 4.64. The van der Waals surface area contributed by atoms with E-state index in [-0.39, 0.29) is 5.60 Å². The summed E-state index contributed by atoms with van der Waals surface area (Å²) in [5, 5.41) is 0. The summed E-state index contributed by atoms with van der Waals surface area (Å²) in [6.45, 7) is 0.769. The highest BCUT2D eigenvalue weighted by atomic mass is 16.6. The van der Waals surface area contributed by atoms with Crippen molar-refractivity contribution in [2.45, 2.75) is 37.7 Å². The molecule has 0 aromatic heterocycles. The van der Waals surface area contributed by atoms with Gasteiger partial charge in [0.15, 0.2) is 0 Å². The van der Waals surface area contributed by atoms with Crippen LogP contribution in [0.15, 0.2) is 11.8 Å². The van der Waals surface area contributed by atoms with E-state index in [1.807, 2.05) is 7.11 Å². The molecule has 0 aromatic carbocycles. The van der Waals surface area contributed by atoms with E-state index >= 15 is 0 Å². The lowest BCUT2D eigenvalue weighted by Crippen LogP contribution is -2.58. The van der Waals surface area contributed by atoms with E-state index in [9.17, 15) is 0 Å². The molecule has 4 aliphatic carbocycles. The predicted molar refractivity (Wildman–Crippen MR) is 60.8 cm³/mol. The third-order valence-corrected chi connectivity index (χ3v) is 5.55. The molecule has 0 atom stereocenters. The smallest absolute Gasteiger partial charge is 0.131 e. The molecular formula is C14H20O2. The standard InChI is InChI=1S/C14H20O2/c1-15-13-2-3-16-14(13)11-5-9-4-10(7-11)8-12(14)6-9/h2,9-12H,3-8H2,1H3. The highest BCUT2D eigenvalue weighted by molar-refractivity contribution is 5.25. The van der Waals surface area contributed by atoms with Gasteiger partial charge in [-0.3, -0.25) is 0 Å². The molecule has 5 rings (SSSR count). The Morgan fingerprint density at radius 2 is 1.75 bits per heavy atom. The van der Waals surface area contributed by atoms with Crippen molar-refractivity contribution < 1.29 is 9.47 Å². The first-order chi connectivity index (χ1) is 7.83. The largest absolute Gasteiger partial charge is 0.498 e. The maximum Gasteiger partial charge on any atom is 0.131 e. The van der Waals surface area contributed by atoms with Crippen molar-refractivity contribution in [1.29, 1.82) is 0 Å². The van der Waals surface area contributed by atoms with E-state index < -0.39 is 0 Å². The van der Waals surface area contributed by atoms with Gasteiger partial charge in [-0.25, -0.2) is 0 Å². The zero-order chi connectivity index (χ0) is 10.8. The van der Waals surface area contributed by atoms with Gasteiger partial charge in [0.25, 0.3) is 0 Å². The summed E-state index contributed by atoms with van der Waals surface area (Å²) in [6.07, 6.45) is 9.19. The molecule has 4 fully saturated rings. The highest BCUT2D eigenvalue weighted by Gasteiger charge is 2.61. The molecule has 0 aromatic rings. The van der Waals surface area contributed by atoms with E-state index in [0.717, 1.165) is 36.0 Å². The number of hydrogen-bond donors (Lipinski definition) is 0. The Bertz CT molecular complexity index is 317. The number of methoxy groups -OCH3 is 1. The molecule has 2 nitrogen and oxygen atoms in total. The Hall–Kier alpha value is -0.500. The summed E-state index contributed by atoms with van der Waals surface area (Å²) in [5.41, 5.74) is 0.00215. The molecule has 0 radical (unpaired) electrons. The lowest BCUT2D eigenvalue weighted by atomic mass is 9.49. The molecule has 0 unspecified atom stereocenters. The fourth-order valence-corrected chi connectivity index (χ4v) is 5.25.